The Bertz CT molecular complexity index is 806. The van der Waals surface area contributed by atoms with Crippen molar-refractivity contribution < 1.29 is 14.3 Å². The topological polar surface area (TPSA) is 53.4 Å². The monoisotopic (exact) mass is 296 g/mol. The van der Waals surface area contributed by atoms with Crippen molar-refractivity contribution in [1.29, 1.82) is 0 Å². The first-order valence-corrected chi connectivity index (χ1v) is 6.88. The van der Waals surface area contributed by atoms with Gasteiger partial charge in [-0.25, -0.2) is 4.79 Å². The number of carbonyl (C=O) groups is 1. The molecule has 0 N–H and O–H groups in total. The summed E-state index contributed by atoms with van der Waals surface area (Å²) in [4.78, 5) is 11.5. The predicted molar refractivity (Wildman–Crippen MR) is 83.2 cm³/mol. The van der Waals surface area contributed by atoms with Crippen LogP contribution in [0.4, 0.5) is 0 Å². The molecule has 0 saturated heterocycles. The molecule has 0 amide bonds. The molecule has 0 unspecified atom stereocenters. The highest BCUT2D eigenvalue weighted by Crippen LogP contribution is 2.17. The standard InChI is InChI=1S/C17H16N2O3/c1-21-15-7-3-12(4-8-15)10-19-11-14-6-5-13(17(20)22-2)9-16(14)18-19/h3-9,11H,10H2,1-2H3. The van der Waals surface area contributed by atoms with Crippen molar-refractivity contribution >= 4 is 16.9 Å². The van der Waals surface area contributed by atoms with Gasteiger partial charge in [0, 0.05) is 11.6 Å². The molecule has 0 spiro atoms. The Morgan fingerprint density at radius 1 is 1.14 bits per heavy atom. The quantitative estimate of drug-likeness (QED) is 0.695. The first-order valence-electron chi connectivity index (χ1n) is 6.88. The first-order chi connectivity index (χ1) is 10.7. The van der Waals surface area contributed by atoms with E-state index in [2.05, 4.69) is 5.10 Å². The molecule has 22 heavy (non-hydrogen) atoms. The Labute approximate surface area is 128 Å². The van der Waals surface area contributed by atoms with E-state index in [1.165, 1.54) is 7.11 Å². The van der Waals surface area contributed by atoms with Gasteiger partial charge in [-0.15, -0.1) is 0 Å². The number of benzene rings is 2. The summed E-state index contributed by atoms with van der Waals surface area (Å²) in [5.74, 6) is 0.476. The van der Waals surface area contributed by atoms with E-state index in [1.807, 2.05) is 41.2 Å². The molecule has 112 valence electrons. The van der Waals surface area contributed by atoms with Crippen LogP contribution in [0, 0.1) is 0 Å². The maximum Gasteiger partial charge on any atom is 0.337 e. The third-order valence-corrected chi connectivity index (χ3v) is 3.48. The predicted octanol–water partition coefficient (Wildman–Crippen LogP) is 2.88. The minimum absolute atomic E-state index is 0.355. The van der Waals surface area contributed by atoms with Gasteiger partial charge in [-0.3, -0.25) is 4.68 Å². The van der Waals surface area contributed by atoms with E-state index in [9.17, 15) is 4.79 Å². The number of fused-ring (bicyclic) bond motifs is 1. The van der Waals surface area contributed by atoms with Gasteiger partial charge in [0.15, 0.2) is 0 Å². The van der Waals surface area contributed by atoms with Crippen LogP contribution in [0.1, 0.15) is 15.9 Å². The Kier molecular flexibility index (Phi) is 3.78. The molecule has 0 radical (unpaired) electrons. The van der Waals surface area contributed by atoms with Crippen molar-refractivity contribution in [1.82, 2.24) is 9.78 Å². The molecule has 5 nitrogen and oxygen atoms in total. The fraction of sp³-hybridized carbons (Fsp3) is 0.176. The molecule has 5 heteroatoms. The highest BCUT2D eigenvalue weighted by atomic mass is 16.5. The zero-order chi connectivity index (χ0) is 15.5. The fourth-order valence-electron chi connectivity index (χ4n) is 2.31. The maximum atomic E-state index is 11.5. The van der Waals surface area contributed by atoms with Gasteiger partial charge in [0.2, 0.25) is 0 Å². The number of esters is 1. The number of hydrogen-bond acceptors (Lipinski definition) is 4. The molecule has 1 aromatic heterocycles. The second-order valence-electron chi connectivity index (χ2n) is 4.94. The summed E-state index contributed by atoms with van der Waals surface area (Å²) in [5, 5.41) is 5.49. The van der Waals surface area contributed by atoms with Crippen molar-refractivity contribution in [3.63, 3.8) is 0 Å². The lowest BCUT2D eigenvalue weighted by atomic mass is 10.2. The lowest BCUT2D eigenvalue weighted by molar-refractivity contribution is 0.0601. The molecule has 0 bridgehead atoms. The fourth-order valence-corrected chi connectivity index (χ4v) is 2.31. The molecule has 0 saturated carbocycles. The molecule has 3 aromatic rings. The number of rotatable bonds is 4. The number of ether oxygens (including phenoxy) is 2. The van der Waals surface area contributed by atoms with Crippen LogP contribution >= 0.6 is 0 Å². The van der Waals surface area contributed by atoms with E-state index in [4.69, 9.17) is 9.47 Å². The lowest BCUT2D eigenvalue weighted by Crippen LogP contribution is -2.01. The number of nitrogens with zero attached hydrogens (tertiary/aromatic N) is 2. The van der Waals surface area contributed by atoms with E-state index in [-0.39, 0.29) is 5.97 Å². The average Bonchev–Trinajstić information content (AvgIpc) is 2.96. The first kappa shape index (κ1) is 14.1. The second kappa shape index (κ2) is 5.89. The van der Waals surface area contributed by atoms with Gasteiger partial charge in [-0.2, -0.15) is 5.10 Å². The molecular formula is C17H16N2O3. The summed E-state index contributed by atoms with van der Waals surface area (Å²) in [6.07, 6.45) is 1.96. The minimum atomic E-state index is -0.355. The van der Waals surface area contributed by atoms with Crippen LogP contribution < -0.4 is 4.74 Å². The van der Waals surface area contributed by atoms with E-state index in [0.29, 0.717) is 12.1 Å². The van der Waals surface area contributed by atoms with Gasteiger partial charge < -0.3 is 9.47 Å². The molecule has 0 aliphatic carbocycles. The zero-order valence-corrected chi connectivity index (χ0v) is 12.4. The lowest BCUT2D eigenvalue weighted by Gasteiger charge is -2.03. The van der Waals surface area contributed by atoms with Crippen LogP contribution in [0.3, 0.4) is 0 Å². The molecule has 0 fully saturated rings. The molecule has 0 aliphatic heterocycles. The van der Waals surface area contributed by atoms with Gasteiger partial charge in [0.25, 0.3) is 0 Å². The van der Waals surface area contributed by atoms with E-state index < -0.39 is 0 Å². The molecule has 0 aliphatic rings. The molecule has 0 atom stereocenters. The van der Waals surface area contributed by atoms with Crippen LogP contribution in [-0.2, 0) is 11.3 Å². The smallest absolute Gasteiger partial charge is 0.337 e. The molecule has 1 heterocycles. The highest BCUT2D eigenvalue weighted by molar-refractivity contribution is 5.94. The molecule has 3 rings (SSSR count). The van der Waals surface area contributed by atoms with Gasteiger partial charge in [0.05, 0.1) is 31.8 Å². The zero-order valence-electron chi connectivity index (χ0n) is 12.4. The molecule has 2 aromatic carbocycles. The van der Waals surface area contributed by atoms with Crippen LogP contribution in [0.2, 0.25) is 0 Å². The normalized spacial score (nSPS) is 10.6. The van der Waals surface area contributed by atoms with Crippen LogP contribution in [0.25, 0.3) is 10.9 Å². The minimum Gasteiger partial charge on any atom is -0.497 e. The van der Waals surface area contributed by atoms with Crippen molar-refractivity contribution in [2.45, 2.75) is 6.54 Å². The average molecular weight is 296 g/mol. The van der Waals surface area contributed by atoms with E-state index >= 15 is 0 Å². The number of methoxy groups -OCH3 is 2. The number of aromatic nitrogens is 2. The van der Waals surface area contributed by atoms with Crippen molar-refractivity contribution in [2.24, 2.45) is 0 Å². The third kappa shape index (κ3) is 2.79. The number of hydrogen-bond donors (Lipinski definition) is 0. The highest BCUT2D eigenvalue weighted by Gasteiger charge is 2.08. The summed E-state index contributed by atoms with van der Waals surface area (Å²) in [6, 6.07) is 13.2. The summed E-state index contributed by atoms with van der Waals surface area (Å²) < 4.78 is 11.7. The summed E-state index contributed by atoms with van der Waals surface area (Å²) in [5.41, 5.74) is 2.41. The van der Waals surface area contributed by atoms with E-state index in [1.54, 1.807) is 19.2 Å². The largest absolute Gasteiger partial charge is 0.497 e. The second-order valence-corrected chi connectivity index (χ2v) is 4.94. The molecular weight excluding hydrogens is 280 g/mol. The van der Waals surface area contributed by atoms with Crippen molar-refractivity contribution in [3.8, 4) is 5.75 Å². The summed E-state index contributed by atoms with van der Waals surface area (Å²) in [7, 11) is 3.02. The van der Waals surface area contributed by atoms with Gasteiger partial charge in [-0.05, 0) is 29.8 Å². The SMILES string of the molecule is COC(=O)c1ccc2cn(Cc3ccc(OC)cc3)nc2c1. The Morgan fingerprint density at radius 2 is 1.91 bits per heavy atom. The van der Waals surface area contributed by atoms with Gasteiger partial charge in [0.1, 0.15) is 5.75 Å². The summed E-state index contributed by atoms with van der Waals surface area (Å²) in [6.45, 7) is 0.659. The van der Waals surface area contributed by atoms with E-state index in [0.717, 1.165) is 22.2 Å². The Hall–Kier alpha value is -2.82. The van der Waals surface area contributed by atoms with Crippen LogP contribution in [0.15, 0.2) is 48.7 Å². The van der Waals surface area contributed by atoms with Crippen molar-refractivity contribution in [3.05, 3.63) is 59.8 Å². The number of carbonyl (C=O) groups excluding carboxylic acids is 1. The Morgan fingerprint density at radius 3 is 2.59 bits per heavy atom. The third-order valence-electron chi connectivity index (χ3n) is 3.48. The Balaban J connectivity index is 1.86. The maximum absolute atomic E-state index is 11.5. The summed E-state index contributed by atoms with van der Waals surface area (Å²) >= 11 is 0. The van der Waals surface area contributed by atoms with Gasteiger partial charge >= 0.3 is 5.97 Å². The van der Waals surface area contributed by atoms with Crippen molar-refractivity contribution in [2.75, 3.05) is 14.2 Å². The van der Waals surface area contributed by atoms with Crippen LogP contribution in [0.5, 0.6) is 5.75 Å². The van der Waals surface area contributed by atoms with Crippen LogP contribution in [-0.4, -0.2) is 30.0 Å². The van der Waals surface area contributed by atoms with Gasteiger partial charge in [-0.1, -0.05) is 18.2 Å².